The lowest BCUT2D eigenvalue weighted by molar-refractivity contribution is -0.143. The molecule has 68 valence electrons. The van der Waals surface area contributed by atoms with Crippen molar-refractivity contribution < 1.29 is 15.0 Å². The molecule has 0 bridgehead atoms. The molecule has 1 aliphatic rings. The van der Waals surface area contributed by atoms with Gasteiger partial charge in [-0.1, -0.05) is 12.2 Å². The van der Waals surface area contributed by atoms with Crippen LogP contribution in [0.2, 0.25) is 0 Å². The second-order valence-corrected chi connectivity index (χ2v) is 3.44. The fourth-order valence-electron chi connectivity index (χ4n) is 1.43. The topological polar surface area (TPSA) is 60.8 Å². The summed E-state index contributed by atoms with van der Waals surface area (Å²) in [6.07, 6.45) is -0.314. The van der Waals surface area contributed by atoms with Crippen molar-refractivity contribution >= 4 is 23.2 Å². The fourth-order valence-corrected chi connectivity index (χ4v) is 1.63. The number of hydrogen-bond donors (Lipinski definition) is 2. The molecule has 0 aromatic heterocycles. The average Bonchev–Trinajstić information content (AvgIpc) is 2.30. The van der Waals surface area contributed by atoms with Gasteiger partial charge in [0, 0.05) is 6.54 Å². The molecule has 0 spiro atoms. The van der Waals surface area contributed by atoms with Crippen LogP contribution in [0.25, 0.3) is 0 Å². The molecule has 0 saturated carbocycles. The third kappa shape index (κ3) is 1.56. The molecule has 5 heteroatoms. The van der Waals surface area contributed by atoms with Gasteiger partial charge in [0.2, 0.25) is 0 Å². The Morgan fingerprint density at radius 1 is 1.67 bits per heavy atom. The highest BCUT2D eigenvalue weighted by molar-refractivity contribution is 7.80. The van der Waals surface area contributed by atoms with Crippen molar-refractivity contribution in [3.8, 4) is 0 Å². The Labute approximate surface area is 75.8 Å². The maximum Gasteiger partial charge on any atom is 0.329 e. The lowest BCUT2D eigenvalue weighted by Gasteiger charge is -2.22. The van der Waals surface area contributed by atoms with Gasteiger partial charge in [0.15, 0.2) is 6.04 Å². The molecule has 1 fully saturated rings. The minimum absolute atomic E-state index is 0.477. The van der Waals surface area contributed by atoms with E-state index in [1.54, 1.807) is 11.8 Å². The molecule has 0 aromatic carbocycles. The third-order valence-corrected chi connectivity index (χ3v) is 2.26. The van der Waals surface area contributed by atoms with Crippen LogP contribution in [0.1, 0.15) is 13.3 Å². The quantitative estimate of drug-likeness (QED) is 0.562. The van der Waals surface area contributed by atoms with Crippen LogP contribution >= 0.6 is 12.2 Å². The van der Waals surface area contributed by atoms with Gasteiger partial charge in [-0.05, 0) is 13.3 Å². The summed E-state index contributed by atoms with van der Waals surface area (Å²) in [5.41, 5.74) is 0. The second kappa shape index (κ2) is 3.37. The molecule has 0 aliphatic carbocycles. The summed E-state index contributed by atoms with van der Waals surface area (Å²) in [6.45, 7) is 2.21. The summed E-state index contributed by atoms with van der Waals surface area (Å²) in [5.74, 6) is -1.01. The zero-order chi connectivity index (χ0) is 9.30. The predicted molar refractivity (Wildman–Crippen MR) is 47.0 cm³/mol. The first-order valence-electron chi connectivity index (χ1n) is 3.72. The molecule has 1 saturated heterocycles. The summed E-state index contributed by atoms with van der Waals surface area (Å²) >= 11 is 4.86. The minimum atomic E-state index is -1.01. The van der Waals surface area contributed by atoms with E-state index < -0.39 is 18.1 Å². The van der Waals surface area contributed by atoms with E-state index >= 15 is 0 Å². The highest BCUT2D eigenvalue weighted by atomic mass is 32.1. The summed E-state index contributed by atoms with van der Waals surface area (Å²) in [6, 6.07) is -0.845. The molecule has 1 rings (SSSR count). The Balaban J connectivity index is 2.77. The summed E-state index contributed by atoms with van der Waals surface area (Å²) in [7, 11) is 0. The number of nitrogens with zero attached hydrogens (tertiary/aromatic N) is 1. The van der Waals surface area contributed by atoms with Crippen LogP contribution in [-0.2, 0) is 4.79 Å². The molecule has 2 N–H and O–H groups in total. The normalized spacial score (nSPS) is 29.0. The van der Waals surface area contributed by atoms with Gasteiger partial charge in [-0.25, -0.2) is 4.79 Å². The number of likely N-dealkylation sites (tertiary alicyclic amines) is 1. The van der Waals surface area contributed by atoms with E-state index in [1.807, 2.05) is 0 Å². The number of rotatable bonds is 1. The number of aliphatic hydroxyl groups excluding tert-OH is 1. The molecule has 0 amide bonds. The van der Waals surface area contributed by atoms with Crippen LogP contribution in [0.3, 0.4) is 0 Å². The lowest BCUT2D eigenvalue weighted by atomic mass is 10.2. The number of aliphatic carboxylic acids is 1. The molecular formula is C7H11NO3S. The average molecular weight is 189 g/mol. The van der Waals surface area contributed by atoms with Crippen LogP contribution in [0.5, 0.6) is 0 Å². The van der Waals surface area contributed by atoms with E-state index in [0.29, 0.717) is 18.0 Å². The Morgan fingerprint density at radius 3 is 2.58 bits per heavy atom. The van der Waals surface area contributed by atoms with E-state index in [4.69, 9.17) is 17.3 Å². The predicted octanol–water partition coefficient (Wildman–Crippen LogP) is -0.146. The smallest absolute Gasteiger partial charge is 0.329 e. The van der Waals surface area contributed by atoms with Crippen LogP contribution < -0.4 is 0 Å². The molecule has 1 heterocycles. The Hall–Kier alpha value is -0.680. The summed E-state index contributed by atoms with van der Waals surface area (Å²) in [4.78, 5) is 12.7. The summed E-state index contributed by atoms with van der Waals surface area (Å²) < 4.78 is 0. The van der Waals surface area contributed by atoms with E-state index in [1.165, 1.54) is 0 Å². The van der Waals surface area contributed by atoms with Crippen molar-refractivity contribution in [3.63, 3.8) is 0 Å². The van der Waals surface area contributed by atoms with Gasteiger partial charge in [0.25, 0.3) is 0 Å². The van der Waals surface area contributed by atoms with Crippen LogP contribution in [-0.4, -0.2) is 44.8 Å². The molecule has 2 atom stereocenters. The van der Waals surface area contributed by atoms with Crippen LogP contribution in [0, 0.1) is 0 Å². The van der Waals surface area contributed by atoms with Gasteiger partial charge < -0.3 is 15.1 Å². The molecule has 12 heavy (non-hydrogen) atoms. The lowest BCUT2D eigenvalue weighted by Crippen LogP contribution is -2.43. The number of carboxylic acid groups (broad SMARTS) is 1. The minimum Gasteiger partial charge on any atom is -0.480 e. The maximum absolute atomic E-state index is 10.7. The second-order valence-electron chi connectivity index (χ2n) is 2.85. The molecule has 1 aliphatic heterocycles. The highest BCUT2D eigenvalue weighted by Crippen LogP contribution is 2.18. The monoisotopic (exact) mass is 189 g/mol. The number of aliphatic hydroxyl groups is 1. The maximum atomic E-state index is 10.7. The Morgan fingerprint density at radius 2 is 2.25 bits per heavy atom. The van der Waals surface area contributed by atoms with Gasteiger partial charge in [-0.3, -0.25) is 0 Å². The van der Waals surface area contributed by atoms with Crippen molar-refractivity contribution in [3.05, 3.63) is 0 Å². The van der Waals surface area contributed by atoms with Crippen LogP contribution in [0.4, 0.5) is 0 Å². The number of carboxylic acids is 1. The zero-order valence-electron chi connectivity index (χ0n) is 6.73. The molecule has 1 unspecified atom stereocenters. The first-order valence-corrected chi connectivity index (χ1v) is 4.13. The van der Waals surface area contributed by atoms with Crippen molar-refractivity contribution in [2.45, 2.75) is 25.5 Å². The third-order valence-electron chi connectivity index (χ3n) is 2.02. The standard InChI is InChI=1S/C7H11NO3S/c1-4(12)8-3-2-5(9)6(8)7(10)11/h5-6,9H,2-3H2,1H3,(H,10,11)/t5?,6-/m0/s1. The Bertz CT molecular complexity index is 219. The fraction of sp³-hybridized carbons (Fsp3) is 0.714. The zero-order valence-corrected chi connectivity index (χ0v) is 7.54. The van der Waals surface area contributed by atoms with E-state index in [-0.39, 0.29) is 0 Å². The summed E-state index contributed by atoms with van der Waals surface area (Å²) in [5, 5.41) is 18.0. The van der Waals surface area contributed by atoms with Crippen molar-refractivity contribution in [1.82, 2.24) is 4.90 Å². The van der Waals surface area contributed by atoms with Crippen molar-refractivity contribution in [2.75, 3.05) is 6.54 Å². The number of thiocarbonyl (C=S) groups is 1. The van der Waals surface area contributed by atoms with Gasteiger partial charge in [0.05, 0.1) is 11.1 Å². The molecular weight excluding hydrogens is 178 g/mol. The molecule has 0 radical (unpaired) electrons. The SMILES string of the molecule is CC(=S)N1CCC(O)[C@H]1C(=O)O. The molecule has 0 aromatic rings. The van der Waals surface area contributed by atoms with Crippen LogP contribution in [0.15, 0.2) is 0 Å². The van der Waals surface area contributed by atoms with E-state index in [9.17, 15) is 9.90 Å². The molecule has 4 nitrogen and oxygen atoms in total. The van der Waals surface area contributed by atoms with E-state index in [2.05, 4.69) is 0 Å². The first kappa shape index (κ1) is 9.41. The van der Waals surface area contributed by atoms with Crippen molar-refractivity contribution in [2.24, 2.45) is 0 Å². The first-order chi connectivity index (χ1) is 5.54. The van der Waals surface area contributed by atoms with E-state index in [0.717, 1.165) is 0 Å². The van der Waals surface area contributed by atoms with Gasteiger partial charge in [-0.2, -0.15) is 0 Å². The number of hydrogen-bond acceptors (Lipinski definition) is 3. The van der Waals surface area contributed by atoms with Gasteiger partial charge >= 0.3 is 5.97 Å². The Kier molecular flexibility index (Phi) is 2.64. The van der Waals surface area contributed by atoms with Gasteiger partial charge in [0.1, 0.15) is 0 Å². The van der Waals surface area contributed by atoms with Gasteiger partial charge in [-0.15, -0.1) is 0 Å². The largest absolute Gasteiger partial charge is 0.480 e. The van der Waals surface area contributed by atoms with Crippen molar-refractivity contribution in [1.29, 1.82) is 0 Å². The number of carbonyl (C=O) groups is 1. The highest BCUT2D eigenvalue weighted by Gasteiger charge is 2.38.